The van der Waals surface area contributed by atoms with Crippen LogP contribution in [0.4, 0.5) is 10.5 Å². The number of hydrogen-bond acceptors (Lipinski definition) is 2. The summed E-state index contributed by atoms with van der Waals surface area (Å²) in [6.07, 6.45) is 1.04. The summed E-state index contributed by atoms with van der Waals surface area (Å²) in [5.41, 5.74) is 1.93. The number of piperidine rings is 1. The number of nitrogens with one attached hydrogen (secondary N) is 1. The molecule has 2 atom stereocenters. The molecule has 1 fully saturated rings. The van der Waals surface area contributed by atoms with Crippen molar-refractivity contribution in [2.24, 2.45) is 5.92 Å². The van der Waals surface area contributed by atoms with E-state index in [0.29, 0.717) is 25.6 Å². The van der Waals surface area contributed by atoms with E-state index in [-0.39, 0.29) is 17.5 Å². The van der Waals surface area contributed by atoms with Gasteiger partial charge in [-0.15, -0.1) is 0 Å². The monoisotopic (exact) mass is 359 g/mol. The van der Waals surface area contributed by atoms with Crippen molar-refractivity contribution in [3.8, 4) is 0 Å². The lowest BCUT2D eigenvalue weighted by molar-refractivity contribution is 0.139. The van der Waals surface area contributed by atoms with Gasteiger partial charge < -0.3 is 14.8 Å². The van der Waals surface area contributed by atoms with Gasteiger partial charge in [-0.3, -0.25) is 4.79 Å². The summed E-state index contributed by atoms with van der Waals surface area (Å²) in [6, 6.07) is 19.5. The van der Waals surface area contributed by atoms with E-state index < -0.39 is 0 Å². The minimum absolute atomic E-state index is 0.0632. The molecule has 0 spiro atoms. The van der Waals surface area contributed by atoms with Crippen molar-refractivity contribution in [1.82, 2.24) is 9.47 Å². The quantitative estimate of drug-likeness (QED) is 0.721. The van der Waals surface area contributed by atoms with E-state index in [1.165, 1.54) is 0 Å². The van der Waals surface area contributed by atoms with Gasteiger partial charge in [-0.2, -0.15) is 0 Å². The number of carbonyl (C=O) groups excluding carboxylic acids is 1. The first-order valence-corrected chi connectivity index (χ1v) is 9.42. The summed E-state index contributed by atoms with van der Waals surface area (Å²) < 4.78 is 1.89. The molecule has 0 radical (unpaired) electrons. The second kappa shape index (κ2) is 6.27. The minimum Gasteiger partial charge on any atom is -0.324 e. The van der Waals surface area contributed by atoms with Gasteiger partial charge in [0.1, 0.15) is 0 Å². The average Bonchev–Trinajstić information content (AvgIpc) is 2.68. The highest BCUT2D eigenvalue weighted by Crippen LogP contribution is 2.35. The van der Waals surface area contributed by atoms with E-state index >= 15 is 0 Å². The van der Waals surface area contributed by atoms with E-state index in [0.717, 1.165) is 28.6 Å². The summed E-state index contributed by atoms with van der Waals surface area (Å²) in [7, 11) is 0. The topological polar surface area (TPSA) is 54.3 Å². The number of rotatable bonds is 1. The Bertz CT molecular complexity index is 1090. The van der Waals surface area contributed by atoms with Crippen LogP contribution in [0.2, 0.25) is 0 Å². The first kappa shape index (κ1) is 16.1. The lowest BCUT2D eigenvalue weighted by Crippen LogP contribution is -2.50. The molecule has 0 saturated carbocycles. The number of anilines is 1. The van der Waals surface area contributed by atoms with Gasteiger partial charge in [-0.1, -0.05) is 36.4 Å². The number of carbonyl (C=O) groups is 1. The van der Waals surface area contributed by atoms with Crippen LogP contribution < -0.4 is 10.9 Å². The molecule has 5 heteroatoms. The molecule has 2 aliphatic heterocycles. The van der Waals surface area contributed by atoms with Gasteiger partial charge in [-0.05, 0) is 41.3 Å². The van der Waals surface area contributed by atoms with Gasteiger partial charge in [0.2, 0.25) is 0 Å². The SMILES string of the molecule is O=C(Nc1ccc2ccccc2c1)N1C[C@H]2C[C@@H](C1)c1cccc(=O)n1C2. The molecule has 1 saturated heterocycles. The van der Waals surface area contributed by atoms with Gasteiger partial charge >= 0.3 is 6.03 Å². The van der Waals surface area contributed by atoms with Crippen LogP contribution in [0.15, 0.2) is 65.5 Å². The Hall–Kier alpha value is -3.08. The number of hydrogen-bond donors (Lipinski definition) is 1. The van der Waals surface area contributed by atoms with Crippen molar-refractivity contribution >= 4 is 22.5 Å². The third-order valence-corrected chi connectivity index (χ3v) is 5.77. The predicted molar refractivity (Wildman–Crippen MR) is 106 cm³/mol. The van der Waals surface area contributed by atoms with Crippen LogP contribution in [-0.4, -0.2) is 28.6 Å². The van der Waals surface area contributed by atoms with Crippen molar-refractivity contribution in [1.29, 1.82) is 0 Å². The van der Waals surface area contributed by atoms with E-state index in [2.05, 4.69) is 11.4 Å². The summed E-state index contributed by atoms with van der Waals surface area (Å²) >= 11 is 0. The van der Waals surface area contributed by atoms with Gasteiger partial charge in [0.15, 0.2) is 0 Å². The molecule has 2 bridgehead atoms. The van der Waals surface area contributed by atoms with Gasteiger partial charge in [0, 0.05) is 43.0 Å². The molecule has 0 aliphatic carbocycles. The Morgan fingerprint density at radius 1 is 0.926 bits per heavy atom. The van der Waals surface area contributed by atoms with Crippen LogP contribution in [0, 0.1) is 5.92 Å². The van der Waals surface area contributed by atoms with E-state index in [1.54, 1.807) is 6.07 Å². The molecule has 3 aromatic rings. The maximum absolute atomic E-state index is 12.9. The van der Waals surface area contributed by atoms with Crippen LogP contribution in [0.3, 0.4) is 0 Å². The van der Waals surface area contributed by atoms with Crippen molar-refractivity contribution in [3.63, 3.8) is 0 Å². The smallest absolute Gasteiger partial charge is 0.321 e. The second-order valence-electron chi connectivity index (χ2n) is 7.60. The summed E-state index contributed by atoms with van der Waals surface area (Å²) in [5, 5.41) is 5.31. The Morgan fingerprint density at radius 2 is 1.78 bits per heavy atom. The molecule has 1 aromatic heterocycles. The Morgan fingerprint density at radius 3 is 2.67 bits per heavy atom. The van der Waals surface area contributed by atoms with Crippen LogP contribution in [-0.2, 0) is 6.54 Å². The molecule has 136 valence electrons. The second-order valence-corrected chi connectivity index (χ2v) is 7.60. The largest absolute Gasteiger partial charge is 0.324 e. The van der Waals surface area contributed by atoms with Gasteiger partial charge in [-0.25, -0.2) is 4.79 Å². The van der Waals surface area contributed by atoms with Crippen LogP contribution >= 0.6 is 0 Å². The van der Waals surface area contributed by atoms with Crippen LogP contribution in [0.5, 0.6) is 0 Å². The predicted octanol–water partition coefficient (Wildman–Crippen LogP) is 3.65. The van der Waals surface area contributed by atoms with Gasteiger partial charge in [0.05, 0.1) is 0 Å². The van der Waals surface area contributed by atoms with Crippen molar-refractivity contribution < 1.29 is 4.79 Å². The first-order valence-electron chi connectivity index (χ1n) is 9.42. The van der Waals surface area contributed by atoms with E-state index in [1.807, 2.05) is 58.0 Å². The molecule has 2 aromatic carbocycles. The zero-order valence-corrected chi connectivity index (χ0v) is 15.0. The lowest BCUT2D eigenvalue weighted by Gasteiger charge is -2.42. The molecule has 5 nitrogen and oxygen atoms in total. The van der Waals surface area contributed by atoms with Gasteiger partial charge in [0.25, 0.3) is 5.56 Å². The summed E-state index contributed by atoms with van der Waals surface area (Å²) in [4.78, 5) is 26.9. The molecule has 5 rings (SSSR count). The number of urea groups is 1. The van der Waals surface area contributed by atoms with Crippen LogP contribution in [0.25, 0.3) is 10.8 Å². The molecular weight excluding hydrogens is 338 g/mol. The maximum Gasteiger partial charge on any atom is 0.321 e. The van der Waals surface area contributed by atoms with E-state index in [4.69, 9.17) is 0 Å². The molecule has 3 heterocycles. The highest BCUT2D eigenvalue weighted by molar-refractivity contribution is 5.93. The van der Waals surface area contributed by atoms with Crippen LogP contribution in [0.1, 0.15) is 18.0 Å². The normalized spacial score (nSPS) is 21.0. The highest BCUT2D eigenvalue weighted by atomic mass is 16.2. The average molecular weight is 359 g/mol. The third-order valence-electron chi connectivity index (χ3n) is 5.77. The fourth-order valence-electron chi connectivity index (χ4n) is 4.53. The standard InChI is InChI=1S/C22H21N3O2/c26-21-7-3-6-20-18-10-15(13-25(20)21)12-24(14-18)22(27)23-19-9-8-16-4-1-2-5-17(16)11-19/h1-9,11,15,18H,10,12-14H2,(H,23,27)/t15-,18+/m1/s1. The zero-order chi connectivity index (χ0) is 18.4. The number of nitrogens with zero attached hydrogens (tertiary/aromatic N) is 2. The third kappa shape index (κ3) is 2.89. The molecule has 27 heavy (non-hydrogen) atoms. The Kier molecular flexibility index (Phi) is 3.74. The zero-order valence-electron chi connectivity index (χ0n) is 15.0. The number of pyridine rings is 1. The molecular formula is C22H21N3O2. The van der Waals surface area contributed by atoms with Crippen molar-refractivity contribution in [3.05, 3.63) is 76.7 Å². The molecule has 2 aliphatic rings. The first-order chi connectivity index (χ1) is 13.2. The molecule has 1 N–H and O–H groups in total. The van der Waals surface area contributed by atoms with Crippen molar-refractivity contribution in [2.75, 3.05) is 18.4 Å². The number of aromatic nitrogens is 1. The highest BCUT2D eigenvalue weighted by Gasteiger charge is 2.36. The fourth-order valence-corrected chi connectivity index (χ4v) is 4.53. The number of likely N-dealkylation sites (tertiary alicyclic amines) is 1. The maximum atomic E-state index is 12.9. The number of fused-ring (bicyclic) bond motifs is 5. The molecule has 0 unspecified atom stereocenters. The minimum atomic E-state index is -0.0632. The van der Waals surface area contributed by atoms with E-state index in [9.17, 15) is 9.59 Å². The number of amides is 2. The summed E-state index contributed by atoms with van der Waals surface area (Å²) in [6.45, 7) is 2.04. The lowest BCUT2D eigenvalue weighted by atomic mass is 9.83. The van der Waals surface area contributed by atoms with Crippen molar-refractivity contribution in [2.45, 2.75) is 18.9 Å². The fraction of sp³-hybridized carbons (Fsp3) is 0.273. The Balaban J connectivity index is 1.36. The number of benzene rings is 2. The Labute approximate surface area is 157 Å². The molecule has 2 amide bonds. The summed E-state index contributed by atoms with van der Waals surface area (Å²) in [5.74, 6) is 0.562.